The van der Waals surface area contributed by atoms with Crippen LogP contribution in [-0.2, 0) is 19.3 Å². The van der Waals surface area contributed by atoms with Crippen LogP contribution in [0.15, 0.2) is 36.7 Å². The van der Waals surface area contributed by atoms with Crippen molar-refractivity contribution >= 4 is 0 Å². The fraction of sp³-hybridized carbons (Fsp3) is 0.471. The monoisotopic (exact) mass is 339 g/mol. The second-order valence-electron chi connectivity index (χ2n) is 6.12. The van der Waals surface area contributed by atoms with E-state index in [1.54, 1.807) is 16.9 Å². The van der Waals surface area contributed by atoms with Gasteiger partial charge in [-0.2, -0.15) is 18.3 Å². The predicted octanol–water partition coefficient (Wildman–Crippen LogP) is 3.23. The third-order valence-electron chi connectivity index (χ3n) is 4.40. The molecule has 1 aromatic heterocycles. The molecule has 0 saturated carbocycles. The average molecular weight is 339 g/mol. The van der Waals surface area contributed by atoms with Gasteiger partial charge < -0.3 is 5.11 Å². The Labute approximate surface area is 138 Å². The zero-order valence-electron chi connectivity index (χ0n) is 13.4. The number of benzene rings is 1. The highest BCUT2D eigenvalue weighted by atomic mass is 19.4. The fourth-order valence-corrected chi connectivity index (χ4v) is 3.32. The van der Waals surface area contributed by atoms with Crippen molar-refractivity contribution in [2.45, 2.75) is 44.8 Å². The summed E-state index contributed by atoms with van der Waals surface area (Å²) in [6.07, 6.45) is -1.12. The summed E-state index contributed by atoms with van der Waals surface area (Å²) < 4.78 is 41.7. The van der Waals surface area contributed by atoms with Crippen molar-refractivity contribution in [3.8, 4) is 0 Å². The number of aliphatic hydroxyl groups excluding tert-OH is 1. The number of aryl methyl sites for hydroxylation is 1. The highest BCUT2D eigenvalue weighted by Crippen LogP contribution is 2.40. The van der Waals surface area contributed by atoms with Gasteiger partial charge in [0.25, 0.3) is 0 Å². The van der Waals surface area contributed by atoms with Crippen molar-refractivity contribution in [3.05, 3.63) is 53.3 Å². The second-order valence-corrected chi connectivity index (χ2v) is 6.12. The first-order chi connectivity index (χ1) is 11.4. The van der Waals surface area contributed by atoms with Gasteiger partial charge in [-0.25, -0.2) is 0 Å². The van der Waals surface area contributed by atoms with Crippen LogP contribution in [0, 0.1) is 0 Å². The topological polar surface area (TPSA) is 41.3 Å². The summed E-state index contributed by atoms with van der Waals surface area (Å²) in [4.78, 5) is 1.90. The number of likely N-dealkylation sites (tertiary alicyclic amines) is 1. The molecule has 0 amide bonds. The molecule has 1 fully saturated rings. The summed E-state index contributed by atoms with van der Waals surface area (Å²) in [5, 5.41) is 14.2. The number of aliphatic hydroxyl groups is 1. The summed E-state index contributed by atoms with van der Waals surface area (Å²) in [7, 11) is 0. The molecular weight excluding hydrogens is 319 g/mol. The molecule has 0 aliphatic carbocycles. The number of β-amino-alcohol motifs (C(OH)–C–C–N with tert-alkyl or cyclic N) is 1. The summed E-state index contributed by atoms with van der Waals surface area (Å²) >= 11 is 0. The summed E-state index contributed by atoms with van der Waals surface area (Å²) in [5.74, 6) is 0. The molecule has 4 nitrogen and oxygen atoms in total. The molecule has 3 rings (SSSR count). The Morgan fingerprint density at radius 3 is 2.71 bits per heavy atom. The normalized spacial score (nSPS) is 22.2. The molecule has 24 heavy (non-hydrogen) atoms. The lowest BCUT2D eigenvalue weighted by Gasteiger charge is -2.26. The molecule has 7 heteroatoms. The Morgan fingerprint density at radius 1 is 1.29 bits per heavy atom. The molecular formula is C17H20F3N3O. The van der Waals surface area contributed by atoms with E-state index in [0.717, 1.165) is 18.2 Å². The number of halogens is 3. The van der Waals surface area contributed by atoms with E-state index in [2.05, 4.69) is 5.10 Å². The van der Waals surface area contributed by atoms with Crippen LogP contribution in [0.2, 0.25) is 0 Å². The first-order valence-corrected chi connectivity index (χ1v) is 7.98. The van der Waals surface area contributed by atoms with Crippen LogP contribution in [0.5, 0.6) is 0 Å². The minimum absolute atomic E-state index is 0.226. The van der Waals surface area contributed by atoms with Gasteiger partial charge in [-0.05, 0) is 25.0 Å². The lowest BCUT2D eigenvalue weighted by Crippen LogP contribution is -2.25. The van der Waals surface area contributed by atoms with Crippen LogP contribution in [0.25, 0.3) is 0 Å². The van der Waals surface area contributed by atoms with E-state index in [1.165, 1.54) is 12.1 Å². The van der Waals surface area contributed by atoms with Gasteiger partial charge in [0, 0.05) is 37.4 Å². The molecule has 1 aromatic carbocycles. The number of rotatable bonds is 4. The molecule has 2 atom stereocenters. The van der Waals surface area contributed by atoms with E-state index in [1.807, 2.05) is 18.0 Å². The van der Waals surface area contributed by atoms with Gasteiger partial charge in [0.05, 0.1) is 17.9 Å². The summed E-state index contributed by atoms with van der Waals surface area (Å²) in [6, 6.07) is 5.17. The van der Waals surface area contributed by atoms with Crippen molar-refractivity contribution in [2.75, 3.05) is 6.54 Å². The minimum atomic E-state index is -4.40. The van der Waals surface area contributed by atoms with Crippen LogP contribution < -0.4 is 0 Å². The molecule has 2 heterocycles. The van der Waals surface area contributed by atoms with Gasteiger partial charge in [-0.1, -0.05) is 18.2 Å². The van der Waals surface area contributed by atoms with Crippen LogP contribution in [-0.4, -0.2) is 32.4 Å². The zero-order chi connectivity index (χ0) is 17.3. The smallest absolute Gasteiger partial charge is 0.392 e. The minimum Gasteiger partial charge on any atom is -0.392 e. The molecule has 0 unspecified atom stereocenters. The first-order valence-electron chi connectivity index (χ1n) is 7.98. The molecule has 130 valence electrons. The molecule has 1 aliphatic heterocycles. The highest BCUT2D eigenvalue weighted by molar-refractivity contribution is 5.33. The van der Waals surface area contributed by atoms with E-state index >= 15 is 0 Å². The van der Waals surface area contributed by atoms with Crippen molar-refractivity contribution in [1.82, 2.24) is 14.7 Å². The quantitative estimate of drug-likeness (QED) is 0.930. The van der Waals surface area contributed by atoms with E-state index in [-0.39, 0.29) is 5.56 Å². The third kappa shape index (κ3) is 3.47. The van der Waals surface area contributed by atoms with Crippen LogP contribution in [0.3, 0.4) is 0 Å². The van der Waals surface area contributed by atoms with E-state index < -0.39 is 23.9 Å². The number of alkyl halides is 3. The zero-order valence-corrected chi connectivity index (χ0v) is 13.4. The Kier molecular flexibility index (Phi) is 4.64. The molecule has 0 bridgehead atoms. The lowest BCUT2D eigenvalue weighted by molar-refractivity contribution is -0.138. The number of hydrogen-bond donors (Lipinski definition) is 1. The molecule has 0 radical (unpaired) electrons. The second kappa shape index (κ2) is 6.57. The van der Waals surface area contributed by atoms with Crippen molar-refractivity contribution in [1.29, 1.82) is 0 Å². The maximum Gasteiger partial charge on any atom is 0.416 e. The molecule has 2 aromatic rings. The van der Waals surface area contributed by atoms with Gasteiger partial charge in [0.1, 0.15) is 0 Å². The van der Waals surface area contributed by atoms with Crippen molar-refractivity contribution in [2.24, 2.45) is 0 Å². The van der Waals surface area contributed by atoms with Crippen molar-refractivity contribution in [3.63, 3.8) is 0 Å². The number of nitrogens with zero attached hydrogens (tertiary/aromatic N) is 3. The SMILES string of the molecule is CCn1cc(CN2C[C@@H](O)C[C@@H]2c2ccccc2C(F)(F)F)cn1. The molecule has 1 aliphatic rings. The van der Waals surface area contributed by atoms with Crippen LogP contribution in [0.1, 0.15) is 36.1 Å². The van der Waals surface area contributed by atoms with Crippen LogP contribution >= 0.6 is 0 Å². The van der Waals surface area contributed by atoms with E-state index in [9.17, 15) is 18.3 Å². The van der Waals surface area contributed by atoms with Gasteiger partial charge in [-0.15, -0.1) is 0 Å². The maximum absolute atomic E-state index is 13.3. The lowest BCUT2D eigenvalue weighted by atomic mass is 9.97. The molecule has 0 spiro atoms. The van der Waals surface area contributed by atoms with Gasteiger partial charge in [0.15, 0.2) is 0 Å². The Hall–Kier alpha value is -1.86. The van der Waals surface area contributed by atoms with Gasteiger partial charge in [-0.3, -0.25) is 9.58 Å². The first kappa shape index (κ1) is 17.0. The largest absolute Gasteiger partial charge is 0.416 e. The van der Waals surface area contributed by atoms with Gasteiger partial charge in [0.2, 0.25) is 0 Å². The predicted molar refractivity (Wildman–Crippen MR) is 83.1 cm³/mol. The number of aromatic nitrogens is 2. The third-order valence-corrected chi connectivity index (χ3v) is 4.40. The van der Waals surface area contributed by atoms with Crippen molar-refractivity contribution < 1.29 is 18.3 Å². The highest BCUT2D eigenvalue weighted by Gasteiger charge is 2.39. The Balaban J connectivity index is 1.88. The Morgan fingerprint density at radius 2 is 2.04 bits per heavy atom. The van der Waals surface area contributed by atoms with E-state index in [4.69, 9.17) is 0 Å². The number of hydrogen-bond acceptors (Lipinski definition) is 3. The summed E-state index contributed by atoms with van der Waals surface area (Å²) in [6.45, 7) is 3.53. The van der Waals surface area contributed by atoms with Crippen LogP contribution in [0.4, 0.5) is 13.2 Å². The molecule has 1 saturated heterocycles. The van der Waals surface area contributed by atoms with Gasteiger partial charge >= 0.3 is 6.18 Å². The summed E-state index contributed by atoms with van der Waals surface area (Å²) in [5.41, 5.74) is 0.531. The van der Waals surface area contributed by atoms with E-state index in [0.29, 0.717) is 19.5 Å². The molecule has 1 N–H and O–H groups in total. The maximum atomic E-state index is 13.3. The standard InChI is InChI=1S/C17H20F3N3O/c1-2-23-10-12(8-21-23)9-22-11-13(24)7-16(22)14-5-3-4-6-15(14)17(18,19)20/h3-6,8,10,13,16,24H,2,7,9,11H2,1H3/t13-,16+/m0/s1. The fourth-order valence-electron chi connectivity index (χ4n) is 3.32. The average Bonchev–Trinajstić information content (AvgIpc) is 3.13. The Bertz CT molecular complexity index is 698.